The highest BCUT2D eigenvalue weighted by Gasteiger charge is 2.31. The summed E-state index contributed by atoms with van der Waals surface area (Å²) < 4.78 is 20.3. The number of esters is 2. The average molecular weight is 310 g/mol. The Hall–Kier alpha value is -2.24. The molecule has 1 aromatic rings. The monoisotopic (exact) mass is 310 g/mol. The molecule has 0 heterocycles. The summed E-state index contributed by atoms with van der Waals surface area (Å²) in [4.78, 5) is 23.1. The first kappa shape index (κ1) is 17.8. The number of aryl methyl sites for hydroxylation is 1. The van der Waals surface area contributed by atoms with Gasteiger partial charge in [-0.1, -0.05) is 0 Å². The van der Waals surface area contributed by atoms with Crippen LogP contribution in [-0.2, 0) is 25.5 Å². The third-order valence-corrected chi connectivity index (χ3v) is 3.14. The van der Waals surface area contributed by atoms with Crippen LogP contribution in [-0.4, -0.2) is 38.9 Å². The summed E-state index contributed by atoms with van der Waals surface area (Å²) in [6, 6.07) is 5.20. The Morgan fingerprint density at radius 3 is 2.32 bits per heavy atom. The molecular weight excluding hydrogens is 288 g/mol. The van der Waals surface area contributed by atoms with E-state index in [1.165, 1.54) is 14.2 Å². The van der Waals surface area contributed by atoms with E-state index in [1.807, 2.05) is 0 Å². The Balaban J connectivity index is 3.02. The molecule has 0 bridgehead atoms. The number of hydrogen-bond donors (Lipinski definition) is 0. The SMILES string of the molecule is COC(=O)CCc1cc(OC)ccc1OC(C)(C)C(=O)OC. The van der Waals surface area contributed by atoms with Gasteiger partial charge in [0.15, 0.2) is 5.60 Å². The van der Waals surface area contributed by atoms with Crippen molar-refractivity contribution < 1.29 is 28.5 Å². The van der Waals surface area contributed by atoms with Crippen LogP contribution in [0.15, 0.2) is 18.2 Å². The average Bonchev–Trinajstić information content (AvgIpc) is 2.52. The second-order valence-electron chi connectivity index (χ2n) is 5.15. The predicted molar refractivity (Wildman–Crippen MR) is 80.1 cm³/mol. The Morgan fingerprint density at radius 2 is 1.77 bits per heavy atom. The molecule has 0 atom stereocenters. The van der Waals surface area contributed by atoms with E-state index >= 15 is 0 Å². The predicted octanol–water partition coefficient (Wildman–Crippen LogP) is 2.13. The van der Waals surface area contributed by atoms with E-state index in [1.54, 1.807) is 39.2 Å². The first-order valence-corrected chi connectivity index (χ1v) is 6.85. The molecular formula is C16H22O6. The first-order chi connectivity index (χ1) is 10.3. The van der Waals surface area contributed by atoms with Gasteiger partial charge in [0.1, 0.15) is 11.5 Å². The van der Waals surface area contributed by atoms with E-state index in [2.05, 4.69) is 4.74 Å². The maximum absolute atomic E-state index is 11.7. The van der Waals surface area contributed by atoms with Crippen LogP contribution in [0.5, 0.6) is 11.5 Å². The molecule has 0 amide bonds. The second-order valence-corrected chi connectivity index (χ2v) is 5.15. The molecule has 0 aromatic heterocycles. The number of ether oxygens (including phenoxy) is 4. The standard InChI is InChI=1S/C16H22O6/c1-16(2,15(18)21-5)22-13-8-7-12(19-3)10-11(13)6-9-14(17)20-4/h7-8,10H,6,9H2,1-5H3. The smallest absolute Gasteiger partial charge is 0.349 e. The van der Waals surface area contributed by atoms with Gasteiger partial charge in [-0.05, 0) is 44.0 Å². The van der Waals surface area contributed by atoms with Gasteiger partial charge >= 0.3 is 11.9 Å². The normalized spacial score (nSPS) is 10.8. The summed E-state index contributed by atoms with van der Waals surface area (Å²) in [5.74, 6) is 0.339. The van der Waals surface area contributed by atoms with Crippen molar-refractivity contribution in [3.8, 4) is 11.5 Å². The van der Waals surface area contributed by atoms with Gasteiger partial charge in [-0.3, -0.25) is 4.79 Å². The molecule has 6 nitrogen and oxygen atoms in total. The van der Waals surface area contributed by atoms with Crippen LogP contribution in [0.1, 0.15) is 25.8 Å². The molecule has 122 valence electrons. The Morgan fingerprint density at radius 1 is 1.09 bits per heavy atom. The van der Waals surface area contributed by atoms with Gasteiger partial charge in [-0.15, -0.1) is 0 Å². The molecule has 6 heteroatoms. The van der Waals surface area contributed by atoms with Crippen LogP contribution in [0.2, 0.25) is 0 Å². The van der Waals surface area contributed by atoms with E-state index in [9.17, 15) is 9.59 Å². The molecule has 0 saturated heterocycles. The fourth-order valence-electron chi connectivity index (χ4n) is 1.88. The van der Waals surface area contributed by atoms with Crippen molar-refractivity contribution in [3.05, 3.63) is 23.8 Å². The van der Waals surface area contributed by atoms with Crippen molar-refractivity contribution in [1.82, 2.24) is 0 Å². The van der Waals surface area contributed by atoms with E-state index in [0.717, 1.165) is 5.56 Å². The number of methoxy groups -OCH3 is 3. The molecule has 1 rings (SSSR count). The van der Waals surface area contributed by atoms with Crippen molar-refractivity contribution in [2.75, 3.05) is 21.3 Å². The van der Waals surface area contributed by atoms with Crippen molar-refractivity contribution in [1.29, 1.82) is 0 Å². The van der Waals surface area contributed by atoms with Crippen molar-refractivity contribution in [2.45, 2.75) is 32.3 Å². The molecule has 0 radical (unpaired) electrons. The number of carbonyl (C=O) groups excluding carboxylic acids is 2. The van der Waals surface area contributed by atoms with Crippen LogP contribution in [0.4, 0.5) is 0 Å². The minimum Gasteiger partial charge on any atom is -0.497 e. The van der Waals surface area contributed by atoms with Gasteiger partial charge in [-0.25, -0.2) is 4.79 Å². The maximum atomic E-state index is 11.7. The van der Waals surface area contributed by atoms with Crippen molar-refractivity contribution in [2.24, 2.45) is 0 Å². The molecule has 0 saturated carbocycles. The molecule has 0 aliphatic heterocycles. The van der Waals surface area contributed by atoms with Crippen LogP contribution >= 0.6 is 0 Å². The van der Waals surface area contributed by atoms with Crippen LogP contribution < -0.4 is 9.47 Å². The largest absolute Gasteiger partial charge is 0.497 e. The summed E-state index contributed by atoms with van der Waals surface area (Å²) in [7, 11) is 4.20. The van der Waals surface area contributed by atoms with E-state index < -0.39 is 11.6 Å². The second kappa shape index (κ2) is 7.68. The fraction of sp³-hybridized carbons (Fsp3) is 0.500. The molecule has 22 heavy (non-hydrogen) atoms. The molecule has 0 aliphatic carbocycles. The van der Waals surface area contributed by atoms with Gasteiger partial charge < -0.3 is 18.9 Å². The third kappa shape index (κ3) is 4.65. The van der Waals surface area contributed by atoms with Crippen molar-refractivity contribution >= 4 is 11.9 Å². The van der Waals surface area contributed by atoms with Gasteiger partial charge in [0.25, 0.3) is 0 Å². The Labute approximate surface area is 130 Å². The van der Waals surface area contributed by atoms with Gasteiger partial charge in [0.2, 0.25) is 0 Å². The molecule has 1 aromatic carbocycles. The van der Waals surface area contributed by atoms with E-state index in [0.29, 0.717) is 17.9 Å². The summed E-state index contributed by atoms with van der Waals surface area (Å²) in [6.45, 7) is 3.24. The number of benzene rings is 1. The lowest BCUT2D eigenvalue weighted by Crippen LogP contribution is -2.39. The minimum absolute atomic E-state index is 0.207. The lowest BCUT2D eigenvalue weighted by atomic mass is 10.1. The highest BCUT2D eigenvalue weighted by molar-refractivity contribution is 5.79. The van der Waals surface area contributed by atoms with Gasteiger partial charge in [-0.2, -0.15) is 0 Å². The topological polar surface area (TPSA) is 71.1 Å². The lowest BCUT2D eigenvalue weighted by molar-refractivity contribution is -0.156. The molecule has 0 fully saturated rings. The summed E-state index contributed by atoms with van der Waals surface area (Å²) in [5.41, 5.74) is -0.384. The molecule has 0 aliphatic rings. The summed E-state index contributed by atoms with van der Waals surface area (Å²) >= 11 is 0. The number of hydrogen-bond acceptors (Lipinski definition) is 6. The Kier molecular flexibility index (Phi) is 6.22. The summed E-state index contributed by atoms with van der Waals surface area (Å²) in [6.07, 6.45) is 0.620. The quantitative estimate of drug-likeness (QED) is 0.719. The highest BCUT2D eigenvalue weighted by Crippen LogP contribution is 2.29. The Bertz CT molecular complexity index is 535. The van der Waals surface area contributed by atoms with E-state index in [4.69, 9.17) is 14.2 Å². The molecule has 0 unspecified atom stereocenters. The lowest BCUT2D eigenvalue weighted by Gasteiger charge is -2.25. The molecule has 0 spiro atoms. The first-order valence-electron chi connectivity index (χ1n) is 6.85. The van der Waals surface area contributed by atoms with Crippen LogP contribution in [0.3, 0.4) is 0 Å². The highest BCUT2D eigenvalue weighted by atomic mass is 16.6. The maximum Gasteiger partial charge on any atom is 0.349 e. The van der Waals surface area contributed by atoms with Gasteiger partial charge in [0.05, 0.1) is 21.3 Å². The fourth-order valence-corrected chi connectivity index (χ4v) is 1.88. The molecule has 0 N–H and O–H groups in total. The zero-order valence-corrected chi connectivity index (χ0v) is 13.6. The number of carbonyl (C=O) groups is 2. The zero-order valence-electron chi connectivity index (χ0n) is 13.6. The third-order valence-electron chi connectivity index (χ3n) is 3.14. The van der Waals surface area contributed by atoms with Crippen LogP contribution in [0.25, 0.3) is 0 Å². The minimum atomic E-state index is -1.14. The van der Waals surface area contributed by atoms with Gasteiger partial charge in [0, 0.05) is 6.42 Å². The van der Waals surface area contributed by atoms with E-state index in [-0.39, 0.29) is 12.4 Å². The zero-order chi connectivity index (χ0) is 16.8. The summed E-state index contributed by atoms with van der Waals surface area (Å²) in [5, 5.41) is 0. The van der Waals surface area contributed by atoms with Crippen molar-refractivity contribution in [3.63, 3.8) is 0 Å². The number of rotatable bonds is 7. The van der Waals surface area contributed by atoms with Crippen LogP contribution in [0, 0.1) is 0 Å².